The first-order valence-electron chi connectivity index (χ1n) is 6.46. The number of thiophene rings is 1. The van der Waals surface area contributed by atoms with E-state index in [1.165, 1.54) is 10.9 Å². The fraction of sp³-hybridized carbons (Fsp3) is 0.333. The van der Waals surface area contributed by atoms with Gasteiger partial charge in [0.1, 0.15) is 0 Å². The zero-order valence-corrected chi connectivity index (χ0v) is 13.7. The maximum Gasteiger partial charge on any atom is 0.173 e. The molecule has 0 aliphatic rings. The molecule has 0 bridgehead atoms. The zero-order chi connectivity index (χ0) is 14.7. The molecule has 1 aromatic carbocycles. The van der Waals surface area contributed by atoms with E-state index in [1.54, 1.807) is 17.4 Å². The van der Waals surface area contributed by atoms with Crippen LogP contribution in [0.3, 0.4) is 0 Å². The Morgan fingerprint density at radius 1 is 1.35 bits per heavy atom. The highest BCUT2D eigenvalue weighted by Crippen LogP contribution is 2.33. The summed E-state index contributed by atoms with van der Waals surface area (Å²) >= 11 is 4.83. The van der Waals surface area contributed by atoms with Crippen LogP contribution in [0, 0.1) is 18.6 Å². The lowest BCUT2D eigenvalue weighted by atomic mass is 10.0. The van der Waals surface area contributed by atoms with E-state index in [2.05, 4.69) is 39.6 Å². The van der Waals surface area contributed by atoms with E-state index in [9.17, 15) is 8.78 Å². The Bertz CT molecular complexity index is 598. The summed E-state index contributed by atoms with van der Waals surface area (Å²) < 4.78 is 27.2. The molecule has 0 saturated carbocycles. The Morgan fingerprint density at radius 3 is 2.70 bits per heavy atom. The predicted molar refractivity (Wildman–Crippen MR) is 83.3 cm³/mol. The zero-order valence-electron chi connectivity index (χ0n) is 11.3. The van der Waals surface area contributed by atoms with Crippen LogP contribution in [-0.2, 0) is 0 Å². The molecule has 1 unspecified atom stereocenters. The largest absolute Gasteiger partial charge is 0.306 e. The molecule has 1 heterocycles. The Hall–Kier alpha value is -0.780. The second-order valence-corrected chi connectivity index (χ2v) is 6.55. The van der Waals surface area contributed by atoms with Gasteiger partial charge in [-0.1, -0.05) is 13.0 Å². The van der Waals surface area contributed by atoms with Crippen LogP contribution in [0.4, 0.5) is 8.78 Å². The molecule has 1 nitrogen and oxygen atoms in total. The van der Waals surface area contributed by atoms with Gasteiger partial charge >= 0.3 is 0 Å². The molecule has 1 atom stereocenters. The van der Waals surface area contributed by atoms with Crippen LogP contribution in [0.2, 0.25) is 0 Å². The van der Waals surface area contributed by atoms with Crippen molar-refractivity contribution in [2.24, 2.45) is 0 Å². The molecule has 0 aliphatic heterocycles. The molecule has 1 N–H and O–H groups in total. The van der Waals surface area contributed by atoms with Crippen molar-refractivity contribution in [2.75, 3.05) is 6.54 Å². The fourth-order valence-electron chi connectivity index (χ4n) is 2.07. The number of hydrogen-bond donors (Lipinski definition) is 1. The number of benzene rings is 1. The molecular weight excluding hydrogens is 344 g/mol. The van der Waals surface area contributed by atoms with Crippen LogP contribution in [0.25, 0.3) is 0 Å². The first-order chi connectivity index (χ1) is 9.54. The van der Waals surface area contributed by atoms with Gasteiger partial charge < -0.3 is 5.32 Å². The van der Waals surface area contributed by atoms with E-state index < -0.39 is 11.6 Å². The van der Waals surface area contributed by atoms with Crippen molar-refractivity contribution in [2.45, 2.75) is 26.3 Å². The summed E-state index contributed by atoms with van der Waals surface area (Å²) in [4.78, 5) is 1.20. The average molecular weight is 360 g/mol. The van der Waals surface area contributed by atoms with E-state index in [4.69, 9.17) is 0 Å². The van der Waals surface area contributed by atoms with E-state index in [1.807, 2.05) is 6.92 Å². The lowest BCUT2D eigenvalue weighted by Gasteiger charge is -2.20. The maximum absolute atomic E-state index is 13.7. The second kappa shape index (κ2) is 6.78. The Labute approximate surface area is 130 Å². The average Bonchev–Trinajstić information content (AvgIpc) is 2.85. The minimum Gasteiger partial charge on any atom is -0.306 e. The Morgan fingerprint density at radius 2 is 2.10 bits per heavy atom. The lowest BCUT2D eigenvalue weighted by molar-refractivity contribution is 0.497. The molecule has 0 radical (unpaired) electrons. The van der Waals surface area contributed by atoms with Gasteiger partial charge in [-0.25, -0.2) is 8.78 Å². The molecule has 2 aromatic rings. The van der Waals surface area contributed by atoms with Crippen LogP contribution in [-0.4, -0.2) is 6.54 Å². The highest BCUT2D eigenvalue weighted by molar-refractivity contribution is 9.10. The van der Waals surface area contributed by atoms with Crippen LogP contribution in [0.1, 0.15) is 35.4 Å². The van der Waals surface area contributed by atoms with Gasteiger partial charge in [0.2, 0.25) is 0 Å². The van der Waals surface area contributed by atoms with E-state index >= 15 is 0 Å². The molecule has 0 fully saturated rings. The van der Waals surface area contributed by atoms with E-state index in [0.29, 0.717) is 0 Å². The highest BCUT2D eigenvalue weighted by atomic mass is 79.9. The molecule has 0 saturated heterocycles. The third kappa shape index (κ3) is 3.27. The SMILES string of the molecule is CCCNC(c1csc(C)c1)c1ccc(F)c(F)c1Br. The number of halogens is 3. The summed E-state index contributed by atoms with van der Waals surface area (Å²) in [5.41, 5.74) is 1.79. The number of nitrogens with one attached hydrogen (secondary N) is 1. The lowest BCUT2D eigenvalue weighted by Crippen LogP contribution is -2.23. The fourth-order valence-corrected chi connectivity index (χ4v) is 3.36. The molecule has 20 heavy (non-hydrogen) atoms. The van der Waals surface area contributed by atoms with Crippen molar-refractivity contribution in [3.63, 3.8) is 0 Å². The molecule has 0 spiro atoms. The smallest absolute Gasteiger partial charge is 0.173 e. The summed E-state index contributed by atoms with van der Waals surface area (Å²) in [7, 11) is 0. The van der Waals surface area contributed by atoms with Crippen LogP contribution < -0.4 is 5.32 Å². The topological polar surface area (TPSA) is 12.0 Å². The molecular formula is C15H16BrF2NS. The van der Waals surface area contributed by atoms with Gasteiger partial charge in [-0.05, 0) is 64.5 Å². The van der Waals surface area contributed by atoms with Gasteiger partial charge in [0, 0.05) is 4.88 Å². The van der Waals surface area contributed by atoms with Crippen molar-refractivity contribution in [1.82, 2.24) is 5.32 Å². The summed E-state index contributed by atoms with van der Waals surface area (Å²) in [5.74, 6) is -1.67. The summed E-state index contributed by atoms with van der Waals surface area (Å²) in [6, 6.07) is 4.74. The van der Waals surface area contributed by atoms with Crippen LogP contribution >= 0.6 is 27.3 Å². The van der Waals surface area contributed by atoms with Crippen molar-refractivity contribution < 1.29 is 8.78 Å². The van der Waals surface area contributed by atoms with Crippen molar-refractivity contribution in [3.8, 4) is 0 Å². The second-order valence-electron chi connectivity index (χ2n) is 4.64. The molecule has 5 heteroatoms. The van der Waals surface area contributed by atoms with Crippen molar-refractivity contribution >= 4 is 27.3 Å². The Balaban J connectivity index is 2.43. The third-order valence-electron chi connectivity index (χ3n) is 3.06. The number of hydrogen-bond acceptors (Lipinski definition) is 2. The normalized spacial score (nSPS) is 12.7. The van der Waals surface area contributed by atoms with Crippen molar-refractivity contribution in [1.29, 1.82) is 0 Å². The predicted octanol–water partition coefficient (Wildman–Crippen LogP) is 5.19. The summed E-state index contributed by atoms with van der Waals surface area (Å²) in [5, 5.41) is 5.44. The number of rotatable bonds is 5. The van der Waals surface area contributed by atoms with Gasteiger partial charge in [-0.15, -0.1) is 11.3 Å². The third-order valence-corrected chi connectivity index (χ3v) is 4.74. The quantitative estimate of drug-likeness (QED) is 0.724. The maximum atomic E-state index is 13.7. The first kappa shape index (κ1) is 15.6. The monoisotopic (exact) mass is 359 g/mol. The Kier molecular flexibility index (Phi) is 5.29. The minimum atomic E-state index is -0.837. The molecule has 1 aromatic heterocycles. The summed E-state index contributed by atoms with van der Waals surface area (Å²) in [6.07, 6.45) is 0.973. The van der Waals surface area contributed by atoms with Gasteiger partial charge in [0.05, 0.1) is 10.5 Å². The first-order valence-corrected chi connectivity index (χ1v) is 8.13. The van der Waals surface area contributed by atoms with E-state index in [0.717, 1.165) is 24.1 Å². The van der Waals surface area contributed by atoms with Crippen LogP contribution in [0.5, 0.6) is 0 Å². The standard InChI is InChI=1S/C15H16BrF2NS/c1-3-6-19-15(10-7-9(2)20-8-10)11-4-5-12(17)14(18)13(11)16/h4-5,7-8,15,19H,3,6H2,1-2H3. The highest BCUT2D eigenvalue weighted by Gasteiger charge is 2.21. The molecule has 108 valence electrons. The van der Waals surface area contributed by atoms with Gasteiger partial charge in [-0.3, -0.25) is 0 Å². The molecule has 0 aliphatic carbocycles. The molecule has 0 amide bonds. The molecule has 2 rings (SSSR count). The minimum absolute atomic E-state index is 0.135. The van der Waals surface area contributed by atoms with Gasteiger partial charge in [-0.2, -0.15) is 0 Å². The van der Waals surface area contributed by atoms with Crippen molar-refractivity contribution in [3.05, 3.63) is 55.7 Å². The summed E-state index contributed by atoms with van der Waals surface area (Å²) in [6.45, 7) is 4.92. The van der Waals surface area contributed by atoms with Gasteiger partial charge in [0.15, 0.2) is 11.6 Å². The number of aryl methyl sites for hydroxylation is 1. The van der Waals surface area contributed by atoms with E-state index in [-0.39, 0.29) is 10.5 Å². The van der Waals surface area contributed by atoms with Crippen LogP contribution in [0.15, 0.2) is 28.1 Å². The van der Waals surface area contributed by atoms with Gasteiger partial charge in [0.25, 0.3) is 0 Å².